The number of thiocarbonyl (C=S) groups is 1. The number of nitrogens with one attached hydrogen (secondary N) is 1. The maximum absolute atomic E-state index is 6.15. The monoisotopic (exact) mass is 297 g/mol. The Morgan fingerprint density at radius 2 is 2.37 bits per heavy atom. The molecule has 0 spiro atoms. The van der Waals surface area contributed by atoms with Crippen molar-refractivity contribution in [1.29, 1.82) is 0 Å². The molecule has 1 atom stereocenters. The number of rotatable bonds is 4. The van der Waals surface area contributed by atoms with Crippen molar-refractivity contribution in [3.8, 4) is 0 Å². The zero-order valence-electron chi connectivity index (χ0n) is 11.2. The number of hydrogen-bond acceptors (Lipinski definition) is 3. The molecule has 1 fully saturated rings. The molecule has 1 saturated heterocycles. The molecule has 1 aromatic rings. The van der Waals surface area contributed by atoms with Crippen molar-refractivity contribution in [2.24, 2.45) is 11.7 Å². The van der Waals surface area contributed by atoms with Crippen LogP contribution in [0, 0.1) is 5.92 Å². The van der Waals surface area contributed by atoms with Crippen molar-refractivity contribution >= 4 is 34.5 Å². The van der Waals surface area contributed by atoms with E-state index < -0.39 is 0 Å². The highest BCUT2D eigenvalue weighted by Crippen LogP contribution is 2.22. The van der Waals surface area contributed by atoms with Gasteiger partial charge in [-0.05, 0) is 50.6 Å². The van der Waals surface area contributed by atoms with Crippen LogP contribution in [0.3, 0.4) is 0 Å². The van der Waals surface area contributed by atoms with Gasteiger partial charge in [-0.3, -0.25) is 0 Å². The molecule has 5 heteroatoms. The molecule has 0 aromatic heterocycles. The van der Waals surface area contributed by atoms with E-state index in [1.807, 2.05) is 18.2 Å². The van der Waals surface area contributed by atoms with Crippen molar-refractivity contribution in [2.75, 3.05) is 32.0 Å². The summed E-state index contributed by atoms with van der Waals surface area (Å²) in [6.45, 7) is 3.35. The van der Waals surface area contributed by atoms with Crippen molar-refractivity contribution in [1.82, 2.24) is 4.90 Å². The number of anilines is 1. The van der Waals surface area contributed by atoms with Gasteiger partial charge >= 0.3 is 0 Å². The van der Waals surface area contributed by atoms with Gasteiger partial charge in [0.15, 0.2) is 0 Å². The number of nitrogens with two attached hydrogens (primary N) is 1. The molecule has 0 saturated carbocycles. The number of nitrogens with zero attached hydrogens (tertiary/aromatic N) is 1. The van der Waals surface area contributed by atoms with Gasteiger partial charge in [-0.2, -0.15) is 0 Å². The molecule has 0 radical (unpaired) electrons. The van der Waals surface area contributed by atoms with Crippen molar-refractivity contribution in [3.05, 3.63) is 28.8 Å². The molecular formula is C14H20ClN3S. The largest absolute Gasteiger partial charge is 0.389 e. The van der Waals surface area contributed by atoms with E-state index in [1.165, 1.54) is 19.4 Å². The smallest absolute Gasteiger partial charge is 0.105 e. The van der Waals surface area contributed by atoms with Crippen LogP contribution >= 0.6 is 23.8 Å². The molecule has 1 aromatic carbocycles. The predicted octanol–water partition coefficient (Wildman–Crippen LogP) is 2.73. The minimum Gasteiger partial charge on any atom is -0.389 e. The summed E-state index contributed by atoms with van der Waals surface area (Å²) in [6, 6.07) is 5.75. The Balaban J connectivity index is 1.92. The SMILES string of the molecule is CN1CCCC(CNc2ccc(C(N)=S)c(Cl)c2)C1. The van der Waals surface area contributed by atoms with Gasteiger partial charge < -0.3 is 16.0 Å². The summed E-state index contributed by atoms with van der Waals surface area (Å²) in [7, 11) is 2.18. The van der Waals surface area contributed by atoms with Crippen LogP contribution in [0.15, 0.2) is 18.2 Å². The second-order valence-corrected chi connectivity index (χ2v) is 6.06. The predicted molar refractivity (Wildman–Crippen MR) is 86.1 cm³/mol. The van der Waals surface area contributed by atoms with Gasteiger partial charge in [0.2, 0.25) is 0 Å². The Morgan fingerprint density at radius 1 is 1.58 bits per heavy atom. The van der Waals surface area contributed by atoms with E-state index >= 15 is 0 Å². The molecule has 0 aliphatic carbocycles. The van der Waals surface area contributed by atoms with E-state index in [2.05, 4.69) is 17.3 Å². The fourth-order valence-corrected chi connectivity index (χ4v) is 3.04. The van der Waals surface area contributed by atoms with Gasteiger partial charge in [-0.15, -0.1) is 0 Å². The molecule has 0 bridgehead atoms. The van der Waals surface area contributed by atoms with Crippen LogP contribution in [0.4, 0.5) is 5.69 Å². The first-order chi connectivity index (χ1) is 9.06. The third kappa shape index (κ3) is 4.06. The van der Waals surface area contributed by atoms with Crippen LogP contribution in [0.1, 0.15) is 18.4 Å². The summed E-state index contributed by atoms with van der Waals surface area (Å²) >= 11 is 11.1. The molecule has 1 unspecified atom stereocenters. The fraction of sp³-hybridized carbons (Fsp3) is 0.500. The third-order valence-corrected chi connectivity index (χ3v) is 4.08. The average Bonchev–Trinajstić information content (AvgIpc) is 2.36. The summed E-state index contributed by atoms with van der Waals surface area (Å²) in [5.41, 5.74) is 7.35. The van der Waals surface area contributed by atoms with Crippen LogP contribution in [0.25, 0.3) is 0 Å². The number of piperidine rings is 1. The Bertz CT molecular complexity index is 464. The second-order valence-electron chi connectivity index (χ2n) is 5.21. The highest BCUT2D eigenvalue weighted by molar-refractivity contribution is 7.80. The van der Waals surface area contributed by atoms with E-state index in [9.17, 15) is 0 Å². The van der Waals surface area contributed by atoms with E-state index in [1.54, 1.807) is 0 Å². The number of benzene rings is 1. The number of likely N-dealkylation sites (tertiary alicyclic amines) is 1. The lowest BCUT2D eigenvalue weighted by Crippen LogP contribution is -2.35. The maximum Gasteiger partial charge on any atom is 0.105 e. The van der Waals surface area contributed by atoms with Gasteiger partial charge in [0, 0.05) is 24.3 Å². The number of halogens is 1. The minimum atomic E-state index is 0.338. The third-order valence-electron chi connectivity index (χ3n) is 3.55. The van der Waals surface area contributed by atoms with Crippen LogP contribution in [-0.2, 0) is 0 Å². The van der Waals surface area contributed by atoms with Gasteiger partial charge in [0.05, 0.1) is 5.02 Å². The zero-order valence-corrected chi connectivity index (χ0v) is 12.7. The Morgan fingerprint density at radius 3 is 3.00 bits per heavy atom. The summed E-state index contributed by atoms with van der Waals surface area (Å²) in [6.07, 6.45) is 2.57. The summed E-state index contributed by atoms with van der Waals surface area (Å²) < 4.78 is 0. The average molecular weight is 298 g/mol. The van der Waals surface area contributed by atoms with Crippen LogP contribution in [-0.4, -0.2) is 36.6 Å². The first kappa shape index (κ1) is 14.6. The van der Waals surface area contributed by atoms with Crippen molar-refractivity contribution in [3.63, 3.8) is 0 Å². The summed E-state index contributed by atoms with van der Waals surface area (Å²) in [4.78, 5) is 2.73. The Hall–Kier alpha value is -0.840. The Labute approximate surface area is 125 Å². The molecule has 104 valence electrons. The standard InChI is InChI=1S/C14H20ClN3S/c1-18-6-2-3-10(9-18)8-17-11-4-5-12(14(16)19)13(15)7-11/h4-5,7,10,17H,2-3,6,8-9H2,1H3,(H2,16,19). The van der Waals surface area contributed by atoms with E-state index in [0.717, 1.165) is 24.3 Å². The Kier molecular flexibility index (Phi) is 5.02. The molecule has 19 heavy (non-hydrogen) atoms. The summed E-state index contributed by atoms with van der Waals surface area (Å²) in [5, 5.41) is 4.06. The van der Waals surface area contributed by atoms with Gasteiger partial charge in [0.25, 0.3) is 0 Å². The lowest BCUT2D eigenvalue weighted by molar-refractivity contribution is 0.217. The lowest BCUT2D eigenvalue weighted by Gasteiger charge is -2.30. The van der Waals surface area contributed by atoms with E-state index in [4.69, 9.17) is 29.6 Å². The van der Waals surface area contributed by atoms with E-state index in [-0.39, 0.29) is 0 Å². The first-order valence-electron chi connectivity index (χ1n) is 6.58. The molecule has 1 heterocycles. The minimum absolute atomic E-state index is 0.338. The van der Waals surface area contributed by atoms with Crippen LogP contribution in [0.2, 0.25) is 5.02 Å². The number of hydrogen-bond donors (Lipinski definition) is 2. The normalized spacial score (nSPS) is 20.2. The molecule has 0 amide bonds. The molecule has 3 nitrogen and oxygen atoms in total. The lowest BCUT2D eigenvalue weighted by atomic mass is 9.98. The van der Waals surface area contributed by atoms with Gasteiger partial charge in [-0.1, -0.05) is 23.8 Å². The van der Waals surface area contributed by atoms with Crippen LogP contribution in [0.5, 0.6) is 0 Å². The molecular weight excluding hydrogens is 278 g/mol. The second kappa shape index (κ2) is 6.55. The summed E-state index contributed by atoms with van der Waals surface area (Å²) in [5.74, 6) is 0.702. The molecule has 2 rings (SSSR count). The first-order valence-corrected chi connectivity index (χ1v) is 7.36. The van der Waals surface area contributed by atoms with Crippen molar-refractivity contribution in [2.45, 2.75) is 12.8 Å². The van der Waals surface area contributed by atoms with Crippen LogP contribution < -0.4 is 11.1 Å². The maximum atomic E-state index is 6.15. The molecule has 1 aliphatic rings. The fourth-order valence-electron chi connectivity index (χ4n) is 2.53. The van der Waals surface area contributed by atoms with Gasteiger partial charge in [-0.25, -0.2) is 0 Å². The quantitative estimate of drug-likeness (QED) is 0.839. The molecule has 1 aliphatic heterocycles. The highest BCUT2D eigenvalue weighted by atomic mass is 35.5. The van der Waals surface area contributed by atoms with E-state index in [0.29, 0.717) is 15.9 Å². The zero-order chi connectivity index (χ0) is 13.8. The van der Waals surface area contributed by atoms with Gasteiger partial charge in [0.1, 0.15) is 4.99 Å². The molecule has 3 N–H and O–H groups in total. The highest BCUT2D eigenvalue weighted by Gasteiger charge is 2.16. The van der Waals surface area contributed by atoms with Crippen molar-refractivity contribution < 1.29 is 0 Å². The topological polar surface area (TPSA) is 41.3 Å².